The van der Waals surface area contributed by atoms with Crippen molar-refractivity contribution >= 4 is 23.2 Å². The van der Waals surface area contributed by atoms with Crippen LogP contribution in [-0.4, -0.2) is 0 Å². The molecule has 4 aromatic rings. The summed E-state index contributed by atoms with van der Waals surface area (Å²) in [5.41, 5.74) is 2.01. The molecule has 8 heteroatoms. The zero-order valence-electron chi connectivity index (χ0n) is 18.9. The molecule has 36 heavy (non-hydrogen) atoms. The van der Waals surface area contributed by atoms with Crippen LogP contribution in [0.25, 0.3) is 0 Å². The maximum atomic E-state index is 13.4. The van der Waals surface area contributed by atoms with Crippen LogP contribution in [0.4, 0.5) is 8.78 Å². The number of rotatable bonds is 5. The van der Waals surface area contributed by atoms with Crippen molar-refractivity contribution in [3.63, 3.8) is 0 Å². The molecule has 4 rings (SSSR count). The minimum absolute atomic E-state index is 0.136. The Kier molecular flexibility index (Phi) is 9.25. The first kappa shape index (κ1) is 26.5. The minimum Gasteiger partial charge on any atom is -0.456 e. The summed E-state index contributed by atoms with van der Waals surface area (Å²) in [6, 6.07) is 24.1. The Balaban J connectivity index is 0.000000201. The Morgan fingerprint density at radius 2 is 1.22 bits per heavy atom. The lowest BCUT2D eigenvalue weighted by atomic mass is 10.1. The number of nitrogens with zero attached hydrogens (tertiary/aromatic N) is 2. The lowest BCUT2D eigenvalue weighted by Crippen LogP contribution is -1.91. The van der Waals surface area contributed by atoms with Crippen LogP contribution < -0.4 is 9.47 Å². The van der Waals surface area contributed by atoms with Crippen LogP contribution in [0.2, 0.25) is 10.0 Å². The lowest BCUT2D eigenvalue weighted by molar-refractivity contribution is 0.438. The first-order chi connectivity index (χ1) is 17.3. The van der Waals surface area contributed by atoms with Crippen LogP contribution in [0.3, 0.4) is 0 Å². The SMILES string of the molecule is CCc1ccccc1Oc1ccc(C#N)cc1Cl.N#Cc1ccc(Oc2ccc(F)cc2F)c(Cl)c1. The molecule has 0 aromatic heterocycles. The molecule has 0 aliphatic heterocycles. The van der Waals surface area contributed by atoms with Gasteiger partial charge in [-0.15, -0.1) is 0 Å². The van der Waals surface area contributed by atoms with Gasteiger partial charge in [0.15, 0.2) is 11.6 Å². The Labute approximate surface area is 217 Å². The van der Waals surface area contributed by atoms with E-state index >= 15 is 0 Å². The Morgan fingerprint density at radius 1 is 0.694 bits per heavy atom. The van der Waals surface area contributed by atoms with Crippen LogP contribution in [0.15, 0.2) is 78.9 Å². The van der Waals surface area contributed by atoms with E-state index in [1.165, 1.54) is 24.3 Å². The van der Waals surface area contributed by atoms with Crippen LogP contribution >= 0.6 is 23.2 Å². The molecular weight excluding hydrogens is 505 g/mol. The molecule has 0 saturated heterocycles. The molecule has 180 valence electrons. The van der Waals surface area contributed by atoms with Crippen molar-refractivity contribution < 1.29 is 18.3 Å². The monoisotopic (exact) mass is 522 g/mol. The fourth-order valence-electron chi connectivity index (χ4n) is 3.00. The van der Waals surface area contributed by atoms with E-state index in [-0.39, 0.29) is 16.5 Å². The predicted octanol–water partition coefficient (Wildman–Crippen LogP) is 8.85. The Morgan fingerprint density at radius 3 is 1.72 bits per heavy atom. The summed E-state index contributed by atoms with van der Waals surface area (Å²) in [4.78, 5) is 0. The summed E-state index contributed by atoms with van der Waals surface area (Å²) in [6.45, 7) is 2.07. The van der Waals surface area contributed by atoms with Crippen LogP contribution in [0.1, 0.15) is 23.6 Å². The molecule has 0 aliphatic carbocycles. The summed E-state index contributed by atoms with van der Waals surface area (Å²) in [5, 5.41) is 18.1. The van der Waals surface area contributed by atoms with Gasteiger partial charge in [0.05, 0.1) is 33.3 Å². The van der Waals surface area contributed by atoms with Crippen molar-refractivity contribution in [1.82, 2.24) is 0 Å². The lowest BCUT2D eigenvalue weighted by Gasteiger charge is -2.11. The minimum atomic E-state index is -0.824. The van der Waals surface area contributed by atoms with E-state index in [0.29, 0.717) is 28.0 Å². The van der Waals surface area contributed by atoms with Crippen molar-refractivity contribution in [3.8, 4) is 35.1 Å². The zero-order valence-corrected chi connectivity index (χ0v) is 20.4. The van der Waals surface area contributed by atoms with Gasteiger partial charge in [-0.1, -0.05) is 48.3 Å². The quantitative estimate of drug-likeness (QED) is 0.262. The third kappa shape index (κ3) is 6.96. The molecule has 4 aromatic carbocycles. The van der Waals surface area contributed by atoms with Crippen molar-refractivity contribution in [2.75, 3.05) is 0 Å². The van der Waals surface area contributed by atoms with Gasteiger partial charge in [0.1, 0.15) is 23.1 Å². The summed E-state index contributed by atoms with van der Waals surface area (Å²) in [7, 11) is 0. The number of ether oxygens (including phenoxy) is 2. The first-order valence-corrected chi connectivity index (χ1v) is 11.4. The van der Waals surface area contributed by atoms with Gasteiger partial charge in [-0.25, -0.2) is 8.78 Å². The molecule has 0 spiro atoms. The van der Waals surface area contributed by atoms with E-state index in [1.807, 2.05) is 36.4 Å². The number of hydrogen-bond donors (Lipinski definition) is 0. The third-order valence-corrected chi connectivity index (χ3v) is 5.40. The topological polar surface area (TPSA) is 66.0 Å². The first-order valence-electron chi connectivity index (χ1n) is 10.6. The Bertz CT molecular complexity index is 1460. The predicted molar refractivity (Wildman–Crippen MR) is 135 cm³/mol. The van der Waals surface area contributed by atoms with Gasteiger partial charge in [-0.05, 0) is 66.6 Å². The van der Waals surface area contributed by atoms with Crippen LogP contribution in [-0.2, 0) is 6.42 Å². The number of nitriles is 2. The number of aryl methyl sites for hydroxylation is 1. The molecule has 0 unspecified atom stereocenters. The second kappa shape index (κ2) is 12.6. The number of hydrogen-bond acceptors (Lipinski definition) is 4. The second-order valence-corrected chi connectivity index (χ2v) is 8.07. The summed E-state index contributed by atoms with van der Waals surface area (Å²) in [6.07, 6.45) is 0.893. The molecule has 0 N–H and O–H groups in total. The fraction of sp³-hybridized carbons (Fsp3) is 0.0714. The van der Waals surface area contributed by atoms with Gasteiger partial charge in [0, 0.05) is 6.07 Å². The summed E-state index contributed by atoms with van der Waals surface area (Å²) >= 11 is 11.9. The normalized spacial score (nSPS) is 9.86. The second-order valence-electron chi connectivity index (χ2n) is 7.25. The zero-order chi connectivity index (χ0) is 26.1. The van der Waals surface area contributed by atoms with Crippen LogP contribution in [0, 0.1) is 34.3 Å². The molecule has 0 atom stereocenters. The number of para-hydroxylation sites is 1. The molecular formula is C28H18Cl2F2N2O2. The van der Waals surface area contributed by atoms with Gasteiger partial charge in [0.25, 0.3) is 0 Å². The highest BCUT2D eigenvalue weighted by Crippen LogP contribution is 2.33. The van der Waals surface area contributed by atoms with E-state index in [0.717, 1.165) is 23.8 Å². The number of benzene rings is 4. The molecule has 0 bridgehead atoms. The molecule has 4 nitrogen and oxygen atoms in total. The molecule has 0 heterocycles. The highest BCUT2D eigenvalue weighted by Gasteiger charge is 2.10. The van der Waals surface area contributed by atoms with Gasteiger partial charge in [-0.3, -0.25) is 0 Å². The van der Waals surface area contributed by atoms with Gasteiger partial charge < -0.3 is 9.47 Å². The highest BCUT2D eigenvalue weighted by atomic mass is 35.5. The van der Waals surface area contributed by atoms with E-state index in [2.05, 4.69) is 6.92 Å². The highest BCUT2D eigenvalue weighted by molar-refractivity contribution is 6.32. The molecule has 0 fully saturated rings. The molecule has 0 radical (unpaired) electrons. The standard InChI is InChI=1S/C15H12ClNO.C13H6ClF2NO/c1-2-12-5-3-4-6-14(12)18-15-8-7-11(10-17)9-13(15)16;14-10-5-8(7-17)1-3-12(10)18-13-4-2-9(15)6-11(13)16/h3-9H,2H2,1H3;1-6H. The van der Waals surface area contributed by atoms with Crippen molar-refractivity contribution in [3.05, 3.63) is 117 Å². The van der Waals surface area contributed by atoms with Crippen molar-refractivity contribution in [2.45, 2.75) is 13.3 Å². The van der Waals surface area contributed by atoms with E-state index in [4.69, 9.17) is 43.2 Å². The van der Waals surface area contributed by atoms with Crippen LogP contribution in [0.5, 0.6) is 23.0 Å². The van der Waals surface area contributed by atoms with E-state index in [1.54, 1.807) is 18.2 Å². The Hall–Kier alpha value is -4.10. The average Bonchev–Trinajstić information content (AvgIpc) is 2.88. The number of halogens is 4. The molecule has 0 amide bonds. The van der Waals surface area contributed by atoms with Gasteiger partial charge in [0.2, 0.25) is 0 Å². The molecule has 0 aliphatic rings. The van der Waals surface area contributed by atoms with Gasteiger partial charge in [-0.2, -0.15) is 10.5 Å². The summed E-state index contributed by atoms with van der Waals surface area (Å²) < 4.78 is 37.1. The maximum absolute atomic E-state index is 13.4. The average molecular weight is 523 g/mol. The van der Waals surface area contributed by atoms with E-state index < -0.39 is 11.6 Å². The van der Waals surface area contributed by atoms with Gasteiger partial charge >= 0.3 is 0 Å². The third-order valence-electron chi connectivity index (χ3n) is 4.81. The maximum Gasteiger partial charge on any atom is 0.168 e. The smallest absolute Gasteiger partial charge is 0.168 e. The fourth-order valence-corrected chi connectivity index (χ4v) is 3.43. The summed E-state index contributed by atoms with van der Waals surface area (Å²) in [5.74, 6) is -0.0893. The van der Waals surface area contributed by atoms with Crippen molar-refractivity contribution in [2.24, 2.45) is 0 Å². The largest absolute Gasteiger partial charge is 0.456 e. The molecule has 0 saturated carbocycles. The van der Waals surface area contributed by atoms with Crippen molar-refractivity contribution in [1.29, 1.82) is 10.5 Å². The van der Waals surface area contributed by atoms with E-state index in [9.17, 15) is 8.78 Å².